The van der Waals surface area contributed by atoms with Gasteiger partial charge in [0, 0.05) is 6.54 Å². The first-order valence-corrected chi connectivity index (χ1v) is 8.83. The Morgan fingerprint density at radius 1 is 1.50 bits per heavy atom. The van der Waals surface area contributed by atoms with Crippen LogP contribution in [-0.4, -0.2) is 41.1 Å². The van der Waals surface area contributed by atoms with Crippen molar-refractivity contribution in [1.82, 2.24) is 24.9 Å². The largest absolute Gasteiger partial charge is 0.456 e. The van der Waals surface area contributed by atoms with Crippen molar-refractivity contribution in [3.8, 4) is 0 Å². The summed E-state index contributed by atoms with van der Waals surface area (Å²) in [6.45, 7) is 2.03. The van der Waals surface area contributed by atoms with Crippen molar-refractivity contribution in [1.29, 1.82) is 0 Å². The molecule has 0 saturated heterocycles. The molecule has 0 aliphatic rings. The summed E-state index contributed by atoms with van der Waals surface area (Å²) in [5.74, 6) is -0.289. The van der Waals surface area contributed by atoms with Gasteiger partial charge in [-0.2, -0.15) is 4.72 Å². The van der Waals surface area contributed by atoms with Crippen LogP contribution >= 0.6 is 11.3 Å². The van der Waals surface area contributed by atoms with Crippen LogP contribution in [0.3, 0.4) is 0 Å². The van der Waals surface area contributed by atoms with Crippen LogP contribution in [-0.2, 0) is 32.7 Å². The first kappa shape index (κ1) is 16.5. The Bertz CT molecular complexity index is 711. The zero-order valence-electron chi connectivity index (χ0n) is 11.8. The van der Waals surface area contributed by atoms with Crippen LogP contribution in [0.25, 0.3) is 0 Å². The van der Waals surface area contributed by atoms with E-state index in [1.54, 1.807) is 11.4 Å². The number of thiophene rings is 1. The first-order chi connectivity index (χ1) is 10.5. The van der Waals surface area contributed by atoms with Gasteiger partial charge in [-0.1, -0.05) is 13.0 Å². The molecule has 22 heavy (non-hydrogen) atoms. The maximum atomic E-state index is 11.8. The highest BCUT2D eigenvalue weighted by Gasteiger charge is 2.17. The average Bonchev–Trinajstić information content (AvgIpc) is 3.15. The molecule has 0 atom stereocenters. The zero-order chi connectivity index (χ0) is 16.0. The van der Waals surface area contributed by atoms with Crippen molar-refractivity contribution in [3.05, 3.63) is 23.3 Å². The summed E-state index contributed by atoms with van der Waals surface area (Å²) in [5, 5.41) is 12.6. The maximum Gasteiger partial charge on any atom is 0.321 e. The van der Waals surface area contributed by atoms with Crippen LogP contribution in [0.15, 0.2) is 21.7 Å². The van der Waals surface area contributed by atoms with Gasteiger partial charge in [0.15, 0.2) is 12.4 Å². The minimum Gasteiger partial charge on any atom is -0.456 e. The van der Waals surface area contributed by atoms with Crippen molar-refractivity contribution in [2.24, 2.45) is 0 Å². The third kappa shape index (κ3) is 4.32. The summed E-state index contributed by atoms with van der Waals surface area (Å²) in [6, 6.07) is 3.07. The molecule has 0 unspecified atom stereocenters. The molecule has 2 aromatic heterocycles. The number of sulfonamides is 1. The fourth-order valence-electron chi connectivity index (χ4n) is 1.55. The second kappa shape index (κ2) is 7.42. The van der Waals surface area contributed by atoms with E-state index in [1.165, 1.54) is 10.7 Å². The summed E-state index contributed by atoms with van der Waals surface area (Å²) in [5.41, 5.74) is 0. The Balaban J connectivity index is 1.82. The summed E-state index contributed by atoms with van der Waals surface area (Å²) in [4.78, 5) is 11.6. The topological polar surface area (TPSA) is 116 Å². The number of rotatable bonds is 8. The summed E-state index contributed by atoms with van der Waals surface area (Å²) in [6.07, 6.45) is 0.840. The zero-order valence-corrected chi connectivity index (χ0v) is 13.4. The van der Waals surface area contributed by atoms with Crippen molar-refractivity contribution < 1.29 is 17.9 Å². The van der Waals surface area contributed by atoms with E-state index in [0.717, 1.165) is 17.8 Å². The Kier molecular flexibility index (Phi) is 5.57. The van der Waals surface area contributed by atoms with Gasteiger partial charge in [0.1, 0.15) is 10.8 Å². The monoisotopic (exact) mass is 345 g/mol. The summed E-state index contributed by atoms with van der Waals surface area (Å²) >= 11 is 1.07. The number of aromatic nitrogens is 4. The number of hydrogen-bond donors (Lipinski definition) is 1. The number of carbonyl (C=O) groups is 1. The molecule has 11 heteroatoms. The molecule has 0 saturated carbocycles. The molecular weight excluding hydrogens is 330 g/mol. The Morgan fingerprint density at radius 2 is 2.32 bits per heavy atom. The van der Waals surface area contributed by atoms with E-state index in [2.05, 4.69) is 20.2 Å². The lowest BCUT2D eigenvalue weighted by atomic mass is 10.5. The van der Waals surface area contributed by atoms with Crippen LogP contribution in [0, 0.1) is 0 Å². The molecule has 0 radical (unpaired) electrons. The maximum absolute atomic E-state index is 11.8. The molecule has 0 fully saturated rings. The molecule has 120 valence electrons. The van der Waals surface area contributed by atoms with E-state index in [0.29, 0.717) is 12.4 Å². The van der Waals surface area contributed by atoms with Crippen molar-refractivity contribution in [2.75, 3.05) is 6.54 Å². The molecule has 2 heterocycles. The van der Waals surface area contributed by atoms with E-state index in [1.807, 2.05) is 6.92 Å². The van der Waals surface area contributed by atoms with Crippen LogP contribution in [0.4, 0.5) is 0 Å². The van der Waals surface area contributed by atoms with Gasteiger partial charge in [0.2, 0.25) is 0 Å². The first-order valence-electron chi connectivity index (χ1n) is 6.46. The summed E-state index contributed by atoms with van der Waals surface area (Å²) < 4.78 is 32.5. The number of tetrazole rings is 1. The third-order valence-electron chi connectivity index (χ3n) is 2.57. The second-order valence-electron chi connectivity index (χ2n) is 4.24. The molecule has 0 aromatic carbocycles. The number of ether oxygens (including phenoxy) is 1. The minimum absolute atomic E-state index is 0.105. The highest BCUT2D eigenvalue weighted by Crippen LogP contribution is 2.14. The van der Waals surface area contributed by atoms with Gasteiger partial charge in [0.05, 0.1) is 0 Å². The van der Waals surface area contributed by atoms with Gasteiger partial charge in [-0.25, -0.2) is 13.1 Å². The Hall–Kier alpha value is -1.85. The van der Waals surface area contributed by atoms with Crippen molar-refractivity contribution in [3.63, 3.8) is 0 Å². The lowest BCUT2D eigenvalue weighted by molar-refractivity contribution is -0.143. The minimum atomic E-state index is -3.68. The molecular formula is C11H15N5O4S2. The molecule has 0 aliphatic heterocycles. The Morgan fingerprint density at radius 3 is 3.00 bits per heavy atom. The van der Waals surface area contributed by atoms with Crippen LogP contribution in [0.5, 0.6) is 0 Å². The van der Waals surface area contributed by atoms with E-state index < -0.39 is 22.5 Å². The standard InChI is InChI=1S/C11H15N5O4S2/c1-2-5-16-9(13-14-15-16)8-20-10(17)7-12-22(18,19)11-4-3-6-21-11/h3-4,6,12H,2,5,7-8H2,1H3. The predicted octanol–water partition coefficient (Wildman–Crippen LogP) is 0.166. The van der Waals surface area contributed by atoms with Crippen LogP contribution in [0.2, 0.25) is 0 Å². The van der Waals surface area contributed by atoms with E-state index in [9.17, 15) is 13.2 Å². The molecule has 0 amide bonds. The number of esters is 1. The molecule has 0 bridgehead atoms. The number of aryl methyl sites for hydroxylation is 1. The number of nitrogens with one attached hydrogen (secondary N) is 1. The normalized spacial score (nSPS) is 11.5. The highest BCUT2D eigenvalue weighted by atomic mass is 32.2. The van der Waals surface area contributed by atoms with E-state index in [-0.39, 0.29) is 10.8 Å². The van der Waals surface area contributed by atoms with Gasteiger partial charge in [-0.3, -0.25) is 4.79 Å². The molecule has 0 aliphatic carbocycles. The van der Waals surface area contributed by atoms with Crippen molar-refractivity contribution >= 4 is 27.3 Å². The molecule has 1 N–H and O–H groups in total. The van der Waals surface area contributed by atoms with Crippen LogP contribution < -0.4 is 4.72 Å². The van der Waals surface area contributed by atoms with Gasteiger partial charge in [-0.15, -0.1) is 16.4 Å². The molecule has 0 spiro atoms. The van der Waals surface area contributed by atoms with Gasteiger partial charge in [-0.05, 0) is 28.3 Å². The SMILES string of the molecule is CCCn1nnnc1COC(=O)CNS(=O)(=O)c1cccs1. The van der Waals surface area contributed by atoms with Crippen LogP contribution in [0.1, 0.15) is 19.2 Å². The van der Waals surface area contributed by atoms with Gasteiger partial charge in [0.25, 0.3) is 10.0 Å². The number of hydrogen-bond acceptors (Lipinski definition) is 8. The number of carbonyl (C=O) groups excluding carboxylic acids is 1. The fraction of sp³-hybridized carbons (Fsp3) is 0.455. The summed E-state index contributed by atoms with van der Waals surface area (Å²) in [7, 11) is -3.68. The lowest BCUT2D eigenvalue weighted by Crippen LogP contribution is -2.30. The van der Waals surface area contributed by atoms with E-state index in [4.69, 9.17) is 4.74 Å². The van der Waals surface area contributed by atoms with E-state index >= 15 is 0 Å². The highest BCUT2D eigenvalue weighted by molar-refractivity contribution is 7.91. The van der Waals surface area contributed by atoms with Crippen molar-refractivity contribution in [2.45, 2.75) is 30.7 Å². The van der Waals surface area contributed by atoms with Gasteiger partial charge < -0.3 is 4.74 Å². The Labute approximate surface area is 131 Å². The molecule has 2 rings (SSSR count). The predicted molar refractivity (Wildman–Crippen MR) is 77.4 cm³/mol. The quantitative estimate of drug-likeness (QED) is 0.678. The molecule has 9 nitrogen and oxygen atoms in total. The average molecular weight is 345 g/mol. The fourth-order valence-corrected chi connectivity index (χ4v) is 3.56. The number of nitrogens with zero attached hydrogens (tertiary/aromatic N) is 4. The smallest absolute Gasteiger partial charge is 0.321 e. The molecule has 2 aromatic rings. The third-order valence-corrected chi connectivity index (χ3v) is 5.37. The van der Waals surface area contributed by atoms with Gasteiger partial charge >= 0.3 is 5.97 Å². The second-order valence-corrected chi connectivity index (χ2v) is 7.18. The lowest BCUT2D eigenvalue weighted by Gasteiger charge is -2.06.